The van der Waals surface area contributed by atoms with Crippen molar-refractivity contribution in [3.8, 4) is 5.06 Å². The van der Waals surface area contributed by atoms with Crippen molar-refractivity contribution in [1.29, 1.82) is 0 Å². The zero-order valence-corrected chi connectivity index (χ0v) is 7.69. The van der Waals surface area contributed by atoms with Gasteiger partial charge in [0, 0.05) is 5.57 Å². The van der Waals surface area contributed by atoms with Crippen LogP contribution in [0.25, 0.3) is 0 Å². The Morgan fingerprint density at radius 1 is 1.75 bits per heavy atom. The normalized spacial score (nSPS) is 9.42. The molecule has 0 aromatic carbocycles. The first-order valence-electron chi connectivity index (χ1n) is 3.67. The summed E-state index contributed by atoms with van der Waals surface area (Å²) >= 11 is 1.39. The van der Waals surface area contributed by atoms with Crippen molar-refractivity contribution in [3.05, 3.63) is 29.7 Å². The molecule has 64 valence electrons. The van der Waals surface area contributed by atoms with Crippen LogP contribution in [0.2, 0.25) is 0 Å². The number of rotatable bonds is 3. The lowest BCUT2D eigenvalue weighted by molar-refractivity contribution is -0.130. The van der Waals surface area contributed by atoms with Gasteiger partial charge in [-0.15, -0.1) is 11.3 Å². The first-order valence-corrected chi connectivity index (χ1v) is 4.55. The van der Waals surface area contributed by atoms with Crippen molar-refractivity contribution in [3.63, 3.8) is 0 Å². The van der Waals surface area contributed by atoms with E-state index in [2.05, 4.69) is 6.58 Å². The highest BCUT2D eigenvalue weighted by Gasteiger charge is 2.07. The zero-order valence-electron chi connectivity index (χ0n) is 6.87. The van der Waals surface area contributed by atoms with Crippen LogP contribution in [0.3, 0.4) is 0 Å². The van der Waals surface area contributed by atoms with E-state index < -0.39 is 0 Å². The van der Waals surface area contributed by atoms with Crippen LogP contribution in [-0.4, -0.2) is 5.97 Å². The maximum absolute atomic E-state index is 11.1. The average molecular weight is 182 g/mol. The minimum Gasteiger partial charge on any atom is -0.412 e. The average Bonchev–Trinajstić information content (AvgIpc) is 2.55. The Morgan fingerprint density at radius 2 is 2.50 bits per heavy atom. The highest BCUT2D eigenvalue weighted by Crippen LogP contribution is 2.19. The number of thiophene rings is 1. The van der Waals surface area contributed by atoms with E-state index in [0.29, 0.717) is 17.1 Å². The molecular weight excluding hydrogens is 172 g/mol. The molecule has 0 aliphatic carbocycles. The molecule has 0 radical (unpaired) electrons. The van der Waals surface area contributed by atoms with Gasteiger partial charge in [-0.1, -0.05) is 13.5 Å². The molecule has 0 spiro atoms. The Kier molecular flexibility index (Phi) is 3.05. The lowest BCUT2D eigenvalue weighted by Gasteiger charge is -2.00. The SMILES string of the molecule is C=C(CC)C(=O)Oc1cccs1. The van der Waals surface area contributed by atoms with Crippen molar-refractivity contribution in [2.45, 2.75) is 13.3 Å². The van der Waals surface area contributed by atoms with Gasteiger partial charge in [-0.05, 0) is 23.9 Å². The largest absolute Gasteiger partial charge is 0.412 e. The fourth-order valence-corrected chi connectivity index (χ4v) is 1.20. The highest BCUT2D eigenvalue weighted by molar-refractivity contribution is 7.11. The van der Waals surface area contributed by atoms with Gasteiger partial charge in [0.25, 0.3) is 0 Å². The van der Waals surface area contributed by atoms with E-state index in [1.807, 2.05) is 18.4 Å². The summed E-state index contributed by atoms with van der Waals surface area (Å²) < 4.78 is 4.99. The molecule has 0 amide bonds. The van der Waals surface area contributed by atoms with Crippen molar-refractivity contribution in [2.75, 3.05) is 0 Å². The van der Waals surface area contributed by atoms with Crippen LogP contribution >= 0.6 is 11.3 Å². The van der Waals surface area contributed by atoms with E-state index in [9.17, 15) is 4.79 Å². The van der Waals surface area contributed by atoms with E-state index in [1.54, 1.807) is 6.07 Å². The van der Waals surface area contributed by atoms with Crippen LogP contribution in [0.5, 0.6) is 5.06 Å². The summed E-state index contributed by atoms with van der Waals surface area (Å²) in [4.78, 5) is 11.1. The van der Waals surface area contributed by atoms with E-state index in [0.717, 1.165) is 0 Å². The number of hydrogen-bond donors (Lipinski definition) is 0. The second-order valence-electron chi connectivity index (χ2n) is 2.28. The smallest absolute Gasteiger partial charge is 0.339 e. The Morgan fingerprint density at radius 3 is 3.00 bits per heavy atom. The number of carbonyl (C=O) groups excluding carboxylic acids is 1. The number of ether oxygens (including phenoxy) is 1. The molecule has 0 aliphatic rings. The van der Waals surface area contributed by atoms with Gasteiger partial charge in [0.15, 0.2) is 5.06 Å². The third-order valence-electron chi connectivity index (χ3n) is 1.40. The van der Waals surface area contributed by atoms with Crippen molar-refractivity contribution in [2.24, 2.45) is 0 Å². The molecule has 0 bridgehead atoms. The number of hydrogen-bond acceptors (Lipinski definition) is 3. The maximum atomic E-state index is 11.1. The molecule has 0 unspecified atom stereocenters. The molecule has 0 saturated carbocycles. The molecule has 0 N–H and O–H groups in total. The van der Waals surface area contributed by atoms with Gasteiger partial charge in [-0.2, -0.15) is 0 Å². The van der Waals surface area contributed by atoms with Crippen molar-refractivity contribution >= 4 is 17.3 Å². The molecule has 12 heavy (non-hydrogen) atoms. The van der Waals surface area contributed by atoms with Crippen LogP contribution in [-0.2, 0) is 4.79 Å². The molecule has 3 heteroatoms. The van der Waals surface area contributed by atoms with Crippen LogP contribution < -0.4 is 4.74 Å². The lowest BCUT2D eigenvalue weighted by atomic mass is 10.2. The summed E-state index contributed by atoms with van der Waals surface area (Å²) in [6, 6.07) is 3.59. The Hall–Kier alpha value is -1.09. The van der Waals surface area contributed by atoms with Crippen molar-refractivity contribution < 1.29 is 9.53 Å². The molecule has 0 aliphatic heterocycles. The van der Waals surface area contributed by atoms with Gasteiger partial charge in [0.2, 0.25) is 0 Å². The van der Waals surface area contributed by atoms with Crippen LogP contribution in [0, 0.1) is 0 Å². The molecule has 1 aromatic rings. The predicted molar refractivity (Wildman–Crippen MR) is 49.4 cm³/mol. The zero-order chi connectivity index (χ0) is 8.97. The lowest BCUT2D eigenvalue weighted by Crippen LogP contribution is -2.08. The minimum atomic E-state index is -0.333. The summed E-state index contributed by atoms with van der Waals surface area (Å²) in [5, 5.41) is 2.48. The molecule has 0 saturated heterocycles. The van der Waals surface area contributed by atoms with Gasteiger partial charge in [-0.3, -0.25) is 0 Å². The van der Waals surface area contributed by atoms with Crippen LogP contribution in [0.4, 0.5) is 0 Å². The minimum absolute atomic E-state index is 0.333. The topological polar surface area (TPSA) is 26.3 Å². The maximum Gasteiger partial charge on any atom is 0.339 e. The Labute approximate surface area is 75.5 Å². The molecule has 0 fully saturated rings. The second-order valence-corrected chi connectivity index (χ2v) is 3.19. The number of esters is 1. The van der Waals surface area contributed by atoms with E-state index in [1.165, 1.54) is 11.3 Å². The fourth-order valence-electron chi connectivity index (χ4n) is 0.629. The van der Waals surface area contributed by atoms with Crippen LogP contribution in [0.15, 0.2) is 29.7 Å². The summed E-state index contributed by atoms with van der Waals surface area (Å²) in [5.41, 5.74) is 0.503. The van der Waals surface area contributed by atoms with Gasteiger partial charge >= 0.3 is 5.97 Å². The Bertz CT molecular complexity index is 275. The first-order chi connectivity index (χ1) is 5.74. The quantitative estimate of drug-likeness (QED) is 0.530. The molecule has 2 nitrogen and oxygen atoms in total. The predicted octanol–water partition coefficient (Wildman–Crippen LogP) is 2.62. The van der Waals surface area contributed by atoms with E-state index >= 15 is 0 Å². The summed E-state index contributed by atoms with van der Waals surface area (Å²) in [5.74, 6) is -0.333. The van der Waals surface area contributed by atoms with E-state index in [-0.39, 0.29) is 5.97 Å². The van der Waals surface area contributed by atoms with Crippen LogP contribution in [0.1, 0.15) is 13.3 Å². The standard InChI is InChI=1S/C9H10O2S/c1-3-7(2)9(10)11-8-5-4-6-12-8/h4-6H,2-3H2,1H3. The van der Waals surface area contributed by atoms with Gasteiger partial charge in [0.05, 0.1) is 0 Å². The third kappa shape index (κ3) is 2.20. The second kappa shape index (κ2) is 4.07. The molecular formula is C9H10O2S. The summed E-state index contributed by atoms with van der Waals surface area (Å²) in [6.07, 6.45) is 0.629. The molecule has 1 rings (SSSR count). The molecule has 0 atom stereocenters. The van der Waals surface area contributed by atoms with Gasteiger partial charge < -0.3 is 4.74 Å². The first kappa shape index (κ1) is 9.00. The third-order valence-corrected chi connectivity index (χ3v) is 2.15. The van der Waals surface area contributed by atoms with Gasteiger partial charge in [-0.25, -0.2) is 4.79 Å². The highest BCUT2D eigenvalue weighted by atomic mass is 32.1. The summed E-state index contributed by atoms with van der Waals surface area (Å²) in [7, 11) is 0. The monoisotopic (exact) mass is 182 g/mol. The fraction of sp³-hybridized carbons (Fsp3) is 0.222. The van der Waals surface area contributed by atoms with Gasteiger partial charge in [0.1, 0.15) is 0 Å². The molecule has 1 aromatic heterocycles. The number of carbonyl (C=O) groups is 1. The Balaban J connectivity index is 2.53. The van der Waals surface area contributed by atoms with E-state index in [4.69, 9.17) is 4.74 Å². The van der Waals surface area contributed by atoms with Crippen molar-refractivity contribution in [1.82, 2.24) is 0 Å². The summed E-state index contributed by atoms with van der Waals surface area (Å²) in [6.45, 7) is 5.46. The molecule has 1 heterocycles.